The Morgan fingerprint density at radius 3 is 1.39 bits per heavy atom. The molecule has 0 saturated carbocycles. The number of nitrogens with zero attached hydrogens (tertiary/aromatic N) is 1. The number of hydrogen-bond acceptors (Lipinski definition) is 2. The van der Waals surface area contributed by atoms with Gasteiger partial charge >= 0.3 is 10.2 Å². The van der Waals surface area contributed by atoms with E-state index in [1.54, 1.807) is 4.08 Å². The summed E-state index contributed by atoms with van der Waals surface area (Å²) in [4.78, 5) is 0. The van der Waals surface area contributed by atoms with Gasteiger partial charge < -0.3 is 0 Å². The van der Waals surface area contributed by atoms with Gasteiger partial charge in [0.2, 0.25) is 0 Å². The molecule has 4 rings (SSSR count). The first-order chi connectivity index (χ1) is 13.4. The Bertz CT molecular complexity index is 959. The normalized spacial score (nSPS) is 18.8. The fraction of sp³-hybridized carbons (Fsp3) is 0.182. The fourth-order valence-corrected chi connectivity index (χ4v) is 11.9. The number of rotatable bonds is 4. The average molecular weight is 411 g/mol. The molecule has 28 heavy (non-hydrogen) atoms. The Labute approximate surface area is 167 Å². The molecular weight excluding hydrogens is 387 g/mol. The molecule has 0 bridgehead atoms. The summed E-state index contributed by atoms with van der Waals surface area (Å²) in [7, 11) is -6.33. The molecule has 4 nitrogen and oxygen atoms in total. The zero-order chi connectivity index (χ0) is 19.8. The van der Waals surface area contributed by atoms with Crippen molar-refractivity contribution >= 4 is 33.5 Å². The summed E-state index contributed by atoms with van der Waals surface area (Å²) in [5.41, 5.74) is -0.575. The Morgan fingerprint density at radius 2 is 1.11 bits per heavy atom. The van der Waals surface area contributed by atoms with Crippen molar-refractivity contribution < 1.29 is 8.42 Å². The van der Waals surface area contributed by atoms with Crippen molar-refractivity contribution in [3.8, 4) is 0 Å². The minimum atomic E-state index is -3.66. The number of hydrogen-bond donors (Lipinski definition) is 1. The van der Waals surface area contributed by atoms with Crippen LogP contribution in [0.3, 0.4) is 0 Å². The predicted molar refractivity (Wildman–Crippen MR) is 118 cm³/mol. The van der Waals surface area contributed by atoms with E-state index in [4.69, 9.17) is 0 Å². The summed E-state index contributed by atoms with van der Waals surface area (Å²) in [6.45, 7) is 4.37. The maximum absolute atomic E-state index is 13.4. The molecule has 0 radical (unpaired) electrons. The minimum Gasteiger partial charge on any atom is -0.197 e. The van der Waals surface area contributed by atoms with Gasteiger partial charge in [-0.3, -0.25) is 0 Å². The zero-order valence-electron chi connectivity index (χ0n) is 16.0. The molecule has 0 aromatic heterocycles. The monoisotopic (exact) mass is 411 g/mol. The summed E-state index contributed by atoms with van der Waals surface area (Å²) < 4.78 is 31.3. The molecule has 1 fully saturated rings. The summed E-state index contributed by atoms with van der Waals surface area (Å²) in [5.74, 6) is 0. The molecule has 0 aliphatic carbocycles. The second-order valence-corrected chi connectivity index (χ2v) is 12.6. The van der Waals surface area contributed by atoms with Crippen LogP contribution in [0.25, 0.3) is 0 Å². The molecule has 1 aliphatic rings. The lowest BCUT2D eigenvalue weighted by molar-refractivity contribution is 0.382. The van der Waals surface area contributed by atoms with Crippen LogP contribution >= 0.6 is 7.41 Å². The van der Waals surface area contributed by atoms with Gasteiger partial charge in [0.15, 0.2) is 7.41 Å². The predicted octanol–water partition coefficient (Wildman–Crippen LogP) is 2.82. The van der Waals surface area contributed by atoms with Crippen molar-refractivity contribution in [2.24, 2.45) is 0 Å². The summed E-state index contributed by atoms with van der Waals surface area (Å²) in [5, 5.41) is 3.06. The van der Waals surface area contributed by atoms with E-state index in [1.165, 1.54) is 0 Å². The van der Waals surface area contributed by atoms with Crippen LogP contribution in [0.4, 0.5) is 0 Å². The van der Waals surface area contributed by atoms with Gasteiger partial charge in [-0.05, 0) is 54.3 Å². The van der Waals surface area contributed by atoms with Crippen molar-refractivity contribution in [1.82, 2.24) is 8.80 Å². The van der Waals surface area contributed by atoms with Gasteiger partial charge in [-0.15, -0.1) is 0 Å². The van der Waals surface area contributed by atoms with Gasteiger partial charge in [0.25, 0.3) is 0 Å². The highest BCUT2D eigenvalue weighted by atomic mass is 32.2. The van der Waals surface area contributed by atoms with Crippen molar-refractivity contribution in [3.63, 3.8) is 0 Å². The van der Waals surface area contributed by atoms with E-state index in [-0.39, 0.29) is 0 Å². The van der Waals surface area contributed by atoms with E-state index < -0.39 is 23.2 Å². The molecule has 144 valence electrons. The van der Waals surface area contributed by atoms with E-state index in [9.17, 15) is 8.42 Å². The van der Waals surface area contributed by atoms with Crippen LogP contribution < -0.4 is 20.6 Å². The Balaban J connectivity index is 2.17. The maximum Gasteiger partial charge on any atom is 0.310 e. The average Bonchev–Trinajstić information content (AvgIpc) is 2.94. The molecule has 0 atom stereocenters. The summed E-state index contributed by atoms with van der Waals surface area (Å²) in [6.07, 6.45) is 0. The third-order valence-corrected chi connectivity index (χ3v) is 12.2. The highest BCUT2D eigenvalue weighted by Gasteiger charge is 2.64. The SMILES string of the molecule is CC1(C)CNS(=O)(=O)N1[P+](c1ccccc1)(c1ccccc1)c1ccccc1. The lowest BCUT2D eigenvalue weighted by Gasteiger charge is -2.38. The lowest BCUT2D eigenvalue weighted by Crippen LogP contribution is -2.51. The second-order valence-electron chi connectivity index (χ2n) is 7.52. The van der Waals surface area contributed by atoms with Gasteiger partial charge in [0, 0.05) is 6.54 Å². The molecule has 1 aliphatic heterocycles. The summed E-state index contributed by atoms with van der Waals surface area (Å²) in [6, 6.07) is 30.1. The van der Waals surface area contributed by atoms with Crippen molar-refractivity contribution in [3.05, 3.63) is 91.0 Å². The van der Waals surface area contributed by atoms with E-state index >= 15 is 0 Å². The molecule has 1 N–H and O–H groups in total. The molecule has 6 heteroatoms. The van der Waals surface area contributed by atoms with Crippen LogP contribution in [0, 0.1) is 0 Å². The molecule has 0 amide bonds. The van der Waals surface area contributed by atoms with Gasteiger partial charge in [-0.2, -0.15) is 13.1 Å². The highest BCUT2D eigenvalue weighted by molar-refractivity contribution is 8.05. The van der Waals surface area contributed by atoms with Crippen LogP contribution in [-0.2, 0) is 10.2 Å². The van der Waals surface area contributed by atoms with Gasteiger partial charge in [0.05, 0.1) is 5.54 Å². The quantitative estimate of drug-likeness (QED) is 0.672. The smallest absolute Gasteiger partial charge is 0.197 e. The maximum atomic E-state index is 13.4. The van der Waals surface area contributed by atoms with Crippen LogP contribution in [0.1, 0.15) is 13.8 Å². The molecule has 0 unspecified atom stereocenters. The highest BCUT2D eigenvalue weighted by Crippen LogP contribution is 2.63. The largest absolute Gasteiger partial charge is 0.310 e. The van der Waals surface area contributed by atoms with Crippen LogP contribution in [0.5, 0.6) is 0 Å². The standard InChI is InChI=1S/C22H24N2O2PS/c1-22(2)18-23-28(25,26)24(22)27(19-12-6-3-7-13-19,20-14-8-4-9-15-20)21-16-10-5-11-17-21/h3-17,23H,18H2,1-2H3/q+1. The first-order valence-electron chi connectivity index (χ1n) is 9.25. The first-order valence-corrected chi connectivity index (χ1v) is 12.4. The Morgan fingerprint density at radius 1 is 0.750 bits per heavy atom. The Hall–Kier alpha value is -2.04. The molecule has 1 heterocycles. The van der Waals surface area contributed by atoms with Crippen LogP contribution in [-0.4, -0.2) is 24.6 Å². The van der Waals surface area contributed by atoms with Gasteiger partial charge in [-0.25, -0.2) is 0 Å². The van der Waals surface area contributed by atoms with Crippen molar-refractivity contribution in [2.45, 2.75) is 19.4 Å². The Kier molecular flexibility index (Phi) is 4.88. The van der Waals surface area contributed by atoms with E-state index in [0.29, 0.717) is 6.54 Å². The number of nitrogens with one attached hydrogen (secondary N) is 1. The third kappa shape index (κ3) is 2.99. The first kappa shape index (κ1) is 19.3. The van der Waals surface area contributed by atoms with E-state index in [0.717, 1.165) is 15.9 Å². The zero-order valence-corrected chi connectivity index (χ0v) is 17.7. The molecule has 0 spiro atoms. The minimum absolute atomic E-state index is 0.379. The molecule has 3 aromatic rings. The van der Waals surface area contributed by atoms with Crippen LogP contribution in [0.2, 0.25) is 0 Å². The van der Waals surface area contributed by atoms with Crippen molar-refractivity contribution in [1.29, 1.82) is 0 Å². The fourth-order valence-electron chi connectivity index (χ4n) is 3.98. The molecule has 3 aromatic carbocycles. The second kappa shape index (κ2) is 7.09. The topological polar surface area (TPSA) is 49.4 Å². The third-order valence-electron chi connectivity index (χ3n) is 5.09. The van der Waals surface area contributed by atoms with Crippen molar-refractivity contribution in [2.75, 3.05) is 6.54 Å². The molecule has 1 saturated heterocycles. The molecular formula is C22H24N2O2PS+. The van der Waals surface area contributed by atoms with E-state index in [1.807, 2.05) is 68.4 Å². The van der Waals surface area contributed by atoms with Gasteiger partial charge in [0.1, 0.15) is 15.9 Å². The summed E-state index contributed by atoms with van der Waals surface area (Å²) >= 11 is 0. The lowest BCUT2D eigenvalue weighted by atomic mass is 10.1. The van der Waals surface area contributed by atoms with E-state index in [2.05, 4.69) is 41.1 Å². The van der Waals surface area contributed by atoms with Gasteiger partial charge in [-0.1, -0.05) is 54.6 Å². The van der Waals surface area contributed by atoms with Crippen LogP contribution in [0.15, 0.2) is 91.0 Å². The number of benzene rings is 3.